The number of nitrogens with zero attached hydrogens (tertiary/aromatic N) is 3. The average molecular weight is 272 g/mol. The molecule has 0 amide bonds. The van der Waals surface area contributed by atoms with Gasteiger partial charge in [-0.3, -0.25) is 0 Å². The molecule has 0 saturated heterocycles. The van der Waals surface area contributed by atoms with Crippen LogP contribution in [0.3, 0.4) is 0 Å². The van der Waals surface area contributed by atoms with E-state index >= 15 is 0 Å². The standard InChI is InChI=1S/C12H22ClN5/c1-9(2)18(3)7-5-4-6-15-11-10(14)8-16-12(13)17-11/h8-9H,4-7,14H2,1-3H3,(H,15,16,17). The highest BCUT2D eigenvalue weighted by Gasteiger charge is 2.04. The van der Waals surface area contributed by atoms with Crippen molar-refractivity contribution < 1.29 is 0 Å². The first kappa shape index (κ1) is 15.0. The van der Waals surface area contributed by atoms with Crippen molar-refractivity contribution in [1.29, 1.82) is 0 Å². The van der Waals surface area contributed by atoms with E-state index < -0.39 is 0 Å². The second-order valence-electron chi connectivity index (χ2n) is 4.65. The number of halogens is 1. The monoisotopic (exact) mass is 271 g/mol. The Balaban J connectivity index is 2.24. The molecule has 0 aliphatic rings. The lowest BCUT2D eigenvalue weighted by Gasteiger charge is -2.20. The third-order valence-corrected chi connectivity index (χ3v) is 3.08. The zero-order valence-corrected chi connectivity index (χ0v) is 12.0. The van der Waals surface area contributed by atoms with Crippen LogP contribution in [0.25, 0.3) is 0 Å². The van der Waals surface area contributed by atoms with Crippen LogP contribution < -0.4 is 11.1 Å². The molecule has 0 aliphatic carbocycles. The van der Waals surface area contributed by atoms with E-state index in [4.69, 9.17) is 17.3 Å². The Hall–Kier alpha value is -1.07. The van der Waals surface area contributed by atoms with Crippen molar-refractivity contribution in [2.75, 3.05) is 31.2 Å². The second-order valence-corrected chi connectivity index (χ2v) is 4.99. The van der Waals surface area contributed by atoms with Gasteiger partial charge >= 0.3 is 0 Å². The van der Waals surface area contributed by atoms with Gasteiger partial charge in [-0.1, -0.05) is 0 Å². The van der Waals surface area contributed by atoms with E-state index in [1.54, 1.807) is 0 Å². The third kappa shape index (κ3) is 5.06. The molecule has 5 nitrogen and oxygen atoms in total. The summed E-state index contributed by atoms with van der Waals surface area (Å²) in [6.07, 6.45) is 3.72. The van der Waals surface area contributed by atoms with Gasteiger partial charge in [-0.05, 0) is 51.9 Å². The lowest BCUT2D eigenvalue weighted by Crippen LogP contribution is -2.27. The Bertz CT molecular complexity index is 369. The Labute approximate surface area is 114 Å². The predicted molar refractivity (Wildman–Crippen MR) is 76.9 cm³/mol. The molecular formula is C12H22ClN5. The summed E-state index contributed by atoms with van der Waals surface area (Å²) in [4.78, 5) is 10.2. The Kier molecular flexibility index (Phi) is 6.15. The van der Waals surface area contributed by atoms with Crippen molar-refractivity contribution >= 4 is 23.1 Å². The van der Waals surface area contributed by atoms with E-state index in [-0.39, 0.29) is 5.28 Å². The minimum absolute atomic E-state index is 0.214. The maximum absolute atomic E-state index is 5.74. The van der Waals surface area contributed by atoms with Gasteiger partial charge in [0.1, 0.15) is 0 Å². The molecule has 0 atom stereocenters. The number of nitrogen functional groups attached to an aromatic ring is 1. The number of rotatable bonds is 7. The second kappa shape index (κ2) is 7.38. The van der Waals surface area contributed by atoms with Crippen molar-refractivity contribution in [3.63, 3.8) is 0 Å². The van der Waals surface area contributed by atoms with E-state index in [1.165, 1.54) is 6.20 Å². The molecule has 1 heterocycles. The van der Waals surface area contributed by atoms with Gasteiger partial charge in [-0.2, -0.15) is 4.98 Å². The van der Waals surface area contributed by atoms with Crippen molar-refractivity contribution in [2.45, 2.75) is 32.7 Å². The Morgan fingerprint density at radius 1 is 1.44 bits per heavy atom. The minimum Gasteiger partial charge on any atom is -0.394 e. The highest BCUT2D eigenvalue weighted by molar-refractivity contribution is 6.28. The van der Waals surface area contributed by atoms with Gasteiger partial charge in [0.2, 0.25) is 5.28 Å². The van der Waals surface area contributed by atoms with Gasteiger partial charge in [0.05, 0.1) is 11.9 Å². The largest absolute Gasteiger partial charge is 0.394 e. The summed E-state index contributed by atoms with van der Waals surface area (Å²) in [6, 6.07) is 0.592. The fraction of sp³-hybridized carbons (Fsp3) is 0.667. The number of nitrogens with one attached hydrogen (secondary N) is 1. The summed E-state index contributed by atoms with van der Waals surface area (Å²) in [5.41, 5.74) is 6.26. The van der Waals surface area contributed by atoms with E-state index in [2.05, 4.69) is 41.1 Å². The summed E-state index contributed by atoms with van der Waals surface area (Å²) in [6.45, 7) is 6.33. The topological polar surface area (TPSA) is 67.1 Å². The molecule has 0 unspecified atom stereocenters. The SMILES string of the molecule is CC(C)N(C)CCCCNc1nc(Cl)ncc1N. The maximum atomic E-state index is 5.74. The van der Waals surface area contributed by atoms with Gasteiger partial charge in [0.15, 0.2) is 5.82 Å². The zero-order valence-electron chi connectivity index (χ0n) is 11.3. The molecule has 1 aromatic heterocycles. The van der Waals surface area contributed by atoms with Gasteiger partial charge in [0, 0.05) is 12.6 Å². The predicted octanol–water partition coefficient (Wildman–Crippen LogP) is 2.24. The van der Waals surface area contributed by atoms with E-state index in [0.717, 1.165) is 25.9 Å². The molecule has 0 saturated carbocycles. The molecule has 0 aromatic carbocycles. The molecule has 6 heteroatoms. The van der Waals surface area contributed by atoms with Gasteiger partial charge in [-0.25, -0.2) is 4.98 Å². The van der Waals surface area contributed by atoms with E-state index in [1.807, 2.05) is 0 Å². The van der Waals surface area contributed by atoms with Crippen molar-refractivity contribution in [1.82, 2.24) is 14.9 Å². The smallest absolute Gasteiger partial charge is 0.224 e. The van der Waals surface area contributed by atoms with Crippen molar-refractivity contribution in [2.24, 2.45) is 0 Å². The first-order valence-electron chi connectivity index (χ1n) is 6.23. The highest BCUT2D eigenvalue weighted by atomic mass is 35.5. The average Bonchev–Trinajstić information content (AvgIpc) is 2.32. The van der Waals surface area contributed by atoms with E-state index in [0.29, 0.717) is 17.5 Å². The first-order valence-corrected chi connectivity index (χ1v) is 6.60. The Morgan fingerprint density at radius 2 is 2.17 bits per heavy atom. The van der Waals surface area contributed by atoms with Crippen molar-refractivity contribution in [3.8, 4) is 0 Å². The molecule has 0 spiro atoms. The van der Waals surface area contributed by atoms with Crippen LogP contribution in [0.1, 0.15) is 26.7 Å². The lowest BCUT2D eigenvalue weighted by atomic mass is 10.2. The summed E-state index contributed by atoms with van der Waals surface area (Å²) in [5.74, 6) is 0.618. The van der Waals surface area contributed by atoms with Gasteiger partial charge < -0.3 is 16.0 Å². The van der Waals surface area contributed by atoms with Crippen LogP contribution in [0.4, 0.5) is 11.5 Å². The fourth-order valence-corrected chi connectivity index (χ4v) is 1.60. The molecule has 0 radical (unpaired) electrons. The third-order valence-electron chi connectivity index (χ3n) is 2.90. The van der Waals surface area contributed by atoms with Crippen molar-refractivity contribution in [3.05, 3.63) is 11.5 Å². The number of unbranched alkanes of at least 4 members (excludes halogenated alkanes) is 1. The van der Waals surface area contributed by atoms with Crippen LogP contribution in [-0.4, -0.2) is 41.0 Å². The highest BCUT2D eigenvalue weighted by Crippen LogP contribution is 2.15. The van der Waals surface area contributed by atoms with Crippen LogP contribution in [-0.2, 0) is 0 Å². The number of hydrogen-bond acceptors (Lipinski definition) is 5. The van der Waals surface area contributed by atoms with E-state index in [9.17, 15) is 0 Å². The van der Waals surface area contributed by atoms with Crippen LogP contribution in [0, 0.1) is 0 Å². The number of hydrogen-bond donors (Lipinski definition) is 2. The molecule has 0 fully saturated rings. The van der Waals surface area contributed by atoms with Gasteiger partial charge in [-0.15, -0.1) is 0 Å². The number of anilines is 2. The van der Waals surface area contributed by atoms with Crippen LogP contribution in [0.15, 0.2) is 6.20 Å². The van der Waals surface area contributed by atoms with Crippen LogP contribution >= 0.6 is 11.6 Å². The molecule has 1 rings (SSSR count). The van der Waals surface area contributed by atoms with Gasteiger partial charge in [0.25, 0.3) is 0 Å². The summed E-state index contributed by atoms with van der Waals surface area (Å²) >= 11 is 5.71. The summed E-state index contributed by atoms with van der Waals surface area (Å²) in [5, 5.41) is 3.39. The summed E-state index contributed by atoms with van der Waals surface area (Å²) in [7, 11) is 2.14. The summed E-state index contributed by atoms with van der Waals surface area (Å²) < 4.78 is 0. The quantitative estimate of drug-likeness (QED) is 0.588. The first-order chi connectivity index (χ1) is 8.50. The molecule has 102 valence electrons. The maximum Gasteiger partial charge on any atom is 0.224 e. The molecule has 3 N–H and O–H groups in total. The lowest BCUT2D eigenvalue weighted by molar-refractivity contribution is 0.269. The Morgan fingerprint density at radius 3 is 2.83 bits per heavy atom. The molecular weight excluding hydrogens is 250 g/mol. The normalized spacial score (nSPS) is 11.2. The molecule has 0 bridgehead atoms. The van der Waals surface area contributed by atoms with Crippen LogP contribution in [0.2, 0.25) is 5.28 Å². The molecule has 0 aliphatic heterocycles. The number of nitrogens with two attached hydrogens (primary N) is 1. The zero-order chi connectivity index (χ0) is 13.5. The van der Waals surface area contributed by atoms with Crippen LogP contribution in [0.5, 0.6) is 0 Å². The molecule has 1 aromatic rings. The minimum atomic E-state index is 0.214. The fourth-order valence-electron chi connectivity index (χ4n) is 1.46. The molecule has 18 heavy (non-hydrogen) atoms. The number of aromatic nitrogens is 2.